The summed E-state index contributed by atoms with van der Waals surface area (Å²) in [4.78, 5) is 13.8. The van der Waals surface area contributed by atoms with Gasteiger partial charge in [0, 0.05) is 23.7 Å². The first-order chi connectivity index (χ1) is 14.7. The first-order valence-electron chi connectivity index (χ1n) is 11.4. The SMILES string of the molecule is Cl.O=C(CCSc1ccc2c(c1)OCCO2)N[C@H]1C[C@H]2CNC[C@H]2C[C@@H]1OCC1CC1. The molecule has 2 N–H and O–H groups in total. The number of rotatable bonds is 8. The summed E-state index contributed by atoms with van der Waals surface area (Å²) in [6.45, 7) is 4.23. The van der Waals surface area contributed by atoms with Crippen molar-refractivity contribution in [3.05, 3.63) is 18.2 Å². The van der Waals surface area contributed by atoms with E-state index < -0.39 is 0 Å². The second-order valence-corrected chi connectivity index (χ2v) is 10.2. The topological polar surface area (TPSA) is 68.8 Å². The molecule has 6 nitrogen and oxygen atoms in total. The van der Waals surface area contributed by atoms with E-state index in [1.807, 2.05) is 18.2 Å². The molecule has 2 saturated carbocycles. The van der Waals surface area contributed by atoms with Crippen molar-refractivity contribution in [1.29, 1.82) is 0 Å². The van der Waals surface area contributed by atoms with Gasteiger partial charge in [0.2, 0.25) is 5.91 Å². The summed E-state index contributed by atoms with van der Waals surface area (Å²) in [7, 11) is 0. The zero-order valence-corrected chi connectivity index (χ0v) is 19.5. The van der Waals surface area contributed by atoms with Gasteiger partial charge in [-0.25, -0.2) is 0 Å². The number of benzene rings is 1. The quantitative estimate of drug-likeness (QED) is 0.571. The summed E-state index contributed by atoms with van der Waals surface area (Å²) in [5.41, 5.74) is 0. The number of ether oxygens (including phenoxy) is 3. The first-order valence-corrected chi connectivity index (χ1v) is 12.4. The molecule has 2 aliphatic carbocycles. The number of carbonyl (C=O) groups excluding carboxylic acids is 1. The molecule has 172 valence electrons. The lowest BCUT2D eigenvalue weighted by Gasteiger charge is -2.38. The Hall–Kier alpha value is -1.15. The Morgan fingerprint density at radius 3 is 2.71 bits per heavy atom. The highest BCUT2D eigenvalue weighted by molar-refractivity contribution is 7.99. The zero-order chi connectivity index (χ0) is 20.3. The minimum atomic E-state index is 0. The Balaban J connectivity index is 0.00000231. The lowest BCUT2D eigenvalue weighted by Crippen LogP contribution is -2.50. The van der Waals surface area contributed by atoms with Crippen LogP contribution in [-0.2, 0) is 9.53 Å². The lowest BCUT2D eigenvalue weighted by atomic mass is 9.77. The summed E-state index contributed by atoms with van der Waals surface area (Å²) >= 11 is 1.68. The Bertz CT molecular complexity index is 763. The molecule has 2 heterocycles. The summed E-state index contributed by atoms with van der Waals surface area (Å²) in [6, 6.07) is 6.14. The third-order valence-corrected chi connectivity index (χ3v) is 7.72. The summed E-state index contributed by atoms with van der Waals surface area (Å²) in [5.74, 6) is 4.61. The van der Waals surface area contributed by atoms with Crippen LogP contribution in [0.1, 0.15) is 32.1 Å². The summed E-state index contributed by atoms with van der Waals surface area (Å²) in [6.07, 6.45) is 5.39. The molecule has 1 aromatic rings. The molecule has 4 atom stereocenters. The van der Waals surface area contributed by atoms with Gasteiger partial charge in [0.1, 0.15) is 13.2 Å². The van der Waals surface area contributed by atoms with Crippen LogP contribution in [0.4, 0.5) is 0 Å². The zero-order valence-electron chi connectivity index (χ0n) is 17.8. The van der Waals surface area contributed by atoms with Crippen molar-refractivity contribution in [2.45, 2.75) is 49.1 Å². The van der Waals surface area contributed by atoms with Crippen molar-refractivity contribution in [2.75, 3.05) is 38.7 Å². The number of thioether (sulfide) groups is 1. The molecule has 2 aliphatic heterocycles. The summed E-state index contributed by atoms with van der Waals surface area (Å²) in [5, 5.41) is 6.83. The van der Waals surface area contributed by atoms with Gasteiger partial charge in [-0.05, 0) is 74.7 Å². The third kappa shape index (κ3) is 6.01. The van der Waals surface area contributed by atoms with E-state index in [4.69, 9.17) is 14.2 Å². The summed E-state index contributed by atoms with van der Waals surface area (Å²) < 4.78 is 17.5. The van der Waals surface area contributed by atoms with Crippen LogP contribution in [0.3, 0.4) is 0 Å². The van der Waals surface area contributed by atoms with Gasteiger partial charge < -0.3 is 24.8 Å². The van der Waals surface area contributed by atoms with Crippen molar-refractivity contribution < 1.29 is 19.0 Å². The average molecular weight is 469 g/mol. The largest absolute Gasteiger partial charge is 0.486 e. The van der Waals surface area contributed by atoms with Crippen LogP contribution in [0, 0.1) is 17.8 Å². The molecule has 0 spiro atoms. The molecule has 4 aliphatic rings. The number of hydrogen-bond acceptors (Lipinski definition) is 6. The maximum Gasteiger partial charge on any atom is 0.221 e. The fourth-order valence-corrected chi connectivity index (χ4v) is 5.69. The fourth-order valence-electron chi connectivity index (χ4n) is 4.81. The van der Waals surface area contributed by atoms with Crippen LogP contribution in [0.15, 0.2) is 23.1 Å². The first kappa shape index (κ1) is 23.0. The normalized spacial score (nSPS) is 29.0. The minimum absolute atomic E-state index is 0. The second-order valence-electron chi connectivity index (χ2n) is 9.04. The number of fused-ring (bicyclic) bond motifs is 2. The molecule has 0 bridgehead atoms. The predicted octanol–water partition coefficient (Wildman–Crippen LogP) is 3.27. The number of nitrogens with one attached hydrogen (secondary N) is 2. The molecule has 31 heavy (non-hydrogen) atoms. The predicted molar refractivity (Wildman–Crippen MR) is 123 cm³/mol. The van der Waals surface area contributed by atoms with Crippen LogP contribution in [0.25, 0.3) is 0 Å². The van der Waals surface area contributed by atoms with Crippen molar-refractivity contribution in [1.82, 2.24) is 10.6 Å². The van der Waals surface area contributed by atoms with Gasteiger partial charge >= 0.3 is 0 Å². The van der Waals surface area contributed by atoms with E-state index in [2.05, 4.69) is 10.6 Å². The highest BCUT2D eigenvalue weighted by atomic mass is 35.5. The minimum Gasteiger partial charge on any atom is -0.486 e. The second kappa shape index (κ2) is 10.6. The van der Waals surface area contributed by atoms with Gasteiger partial charge in [0.05, 0.1) is 12.1 Å². The van der Waals surface area contributed by atoms with Gasteiger partial charge in [0.15, 0.2) is 11.5 Å². The van der Waals surface area contributed by atoms with E-state index in [1.165, 1.54) is 12.8 Å². The molecular weight excluding hydrogens is 436 g/mol. The standard InChI is InChI=1S/C23H32N2O4S.ClH/c26-23(5-8-30-18-3-4-20-22(11-18)28-7-6-27-20)25-19-9-16-12-24-13-17(16)10-21(19)29-14-15-1-2-15;/h3-4,11,15-17,19,21,24H,1-2,5-10,12-14H2,(H,25,26);1H/t16-,17+,19-,21-;/m0./s1. The number of amides is 1. The Kier molecular flexibility index (Phi) is 7.91. The molecule has 0 aromatic heterocycles. The third-order valence-electron chi connectivity index (χ3n) is 6.72. The van der Waals surface area contributed by atoms with Gasteiger partial charge in [-0.2, -0.15) is 0 Å². The monoisotopic (exact) mass is 468 g/mol. The molecule has 1 saturated heterocycles. The highest BCUT2D eigenvalue weighted by Crippen LogP contribution is 2.37. The Morgan fingerprint density at radius 1 is 1.13 bits per heavy atom. The molecule has 1 aromatic carbocycles. The number of halogens is 1. The van der Waals surface area contributed by atoms with Crippen molar-refractivity contribution in [2.24, 2.45) is 17.8 Å². The van der Waals surface area contributed by atoms with E-state index in [0.717, 1.165) is 60.6 Å². The Labute approximate surface area is 194 Å². The van der Waals surface area contributed by atoms with E-state index in [1.54, 1.807) is 11.8 Å². The van der Waals surface area contributed by atoms with Crippen LogP contribution < -0.4 is 20.1 Å². The fraction of sp³-hybridized carbons (Fsp3) is 0.696. The smallest absolute Gasteiger partial charge is 0.221 e. The van der Waals surface area contributed by atoms with Gasteiger partial charge in [-0.1, -0.05) is 0 Å². The van der Waals surface area contributed by atoms with E-state index in [-0.39, 0.29) is 30.5 Å². The molecule has 3 fully saturated rings. The molecule has 0 radical (unpaired) electrons. The number of hydrogen-bond donors (Lipinski definition) is 2. The van der Waals surface area contributed by atoms with Crippen molar-refractivity contribution in [3.8, 4) is 11.5 Å². The molecule has 1 amide bonds. The Morgan fingerprint density at radius 2 is 1.90 bits per heavy atom. The van der Waals surface area contributed by atoms with Crippen LogP contribution >= 0.6 is 24.2 Å². The molecule has 8 heteroatoms. The van der Waals surface area contributed by atoms with Crippen LogP contribution in [0.5, 0.6) is 11.5 Å². The highest BCUT2D eigenvalue weighted by Gasteiger charge is 2.41. The maximum atomic E-state index is 12.7. The van der Waals surface area contributed by atoms with Gasteiger partial charge in [-0.3, -0.25) is 4.79 Å². The van der Waals surface area contributed by atoms with Crippen LogP contribution in [0.2, 0.25) is 0 Å². The molecule has 5 rings (SSSR count). The molecular formula is C23H33ClN2O4S. The number of carbonyl (C=O) groups is 1. The lowest BCUT2D eigenvalue weighted by molar-refractivity contribution is -0.123. The maximum absolute atomic E-state index is 12.7. The van der Waals surface area contributed by atoms with Crippen LogP contribution in [-0.4, -0.2) is 56.7 Å². The molecule has 0 unspecified atom stereocenters. The van der Waals surface area contributed by atoms with E-state index in [0.29, 0.717) is 31.5 Å². The van der Waals surface area contributed by atoms with Gasteiger partial charge in [-0.15, -0.1) is 24.2 Å². The average Bonchev–Trinajstić information content (AvgIpc) is 3.48. The van der Waals surface area contributed by atoms with E-state index in [9.17, 15) is 4.79 Å². The van der Waals surface area contributed by atoms with E-state index >= 15 is 0 Å². The van der Waals surface area contributed by atoms with Crippen molar-refractivity contribution in [3.63, 3.8) is 0 Å². The van der Waals surface area contributed by atoms with Crippen molar-refractivity contribution >= 4 is 30.1 Å². The van der Waals surface area contributed by atoms with Gasteiger partial charge in [0.25, 0.3) is 0 Å².